The van der Waals surface area contributed by atoms with Gasteiger partial charge in [-0.2, -0.15) is 0 Å². The van der Waals surface area contributed by atoms with Gasteiger partial charge >= 0.3 is 5.82 Å². The first-order valence-electron chi connectivity index (χ1n) is 3.70. The molecule has 1 aromatic heterocycles. The van der Waals surface area contributed by atoms with Crippen LogP contribution in [0.3, 0.4) is 0 Å². The first-order valence-corrected chi connectivity index (χ1v) is 3.70. The maximum Gasteiger partial charge on any atom is 0.406 e. The molecule has 0 atom stereocenters. The Hall–Kier alpha value is -1.73. The smallest absolute Gasteiger partial charge is 0.359 e. The van der Waals surface area contributed by atoms with Crippen molar-refractivity contribution in [2.24, 2.45) is 7.05 Å². The second kappa shape index (κ2) is 3.99. The van der Waals surface area contributed by atoms with Gasteiger partial charge in [0.25, 0.3) is 6.43 Å². The second-order valence-electron chi connectivity index (χ2n) is 2.56. The summed E-state index contributed by atoms with van der Waals surface area (Å²) >= 11 is 0. The molecule has 0 amide bonds. The first kappa shape index (κ1) is 10.4. The van der Waals surface area contributed by atoms with E-state index in [2.05, 4.69) is 10.3 Å². The Balaban J connectivity index is 2.83. The van der Waals surface area contributed by atoms with Crippen molar-refractivity contribution in [3.63, 3.8) is 0 Å². The van der Waals surface area contributed by atoms with Crippen LogP contribution in [0, 0.1) is 10.1 Å². The van der Waals surface area contributed by atoms with E-state index in [1.54, 1.807) is 0 Å². The minimum Gasteiger partial charge on any atom is -0.359 e. The number of nitro groups is 1. The predicted octanol–water partition coefficient (Wildman–Crippen LogP) is 1.01. The maximum atomic E-state index is 11.8. The number of aromatic nitrogens is 2. The number of hydrogen-bond donors (Lipinski definition) is 1. The van der Waals surface area contributed by atoms with Crippen LogP contribution >= 0.6 is 0 Å². The molecule has 8 heteroatoms. The van der Waals surface area contributed by atoms with E-state index in [0.717, 1.165) is 0 Å². The Morgan fingerprint density at radius 2 is 2.43 bits per heavy atom. The zero-order valence-corrected chi connectivity index (χ0v) is 7.28. The molecule has 0 radical (unpaired) electrons. The van der Waals surface area contributed by atoms with E-state index in [0.29, 0.717) is 0 Å². The topological polar surface area (TPSA) is 73.0 Å². The summed E-state index contributed by atoms with van der Waals surface area (Å²) in [5.41, 5.74) is 0. The van der Waals surface area contributed by atoms with Crippen LogP contribution in [-0.4, -0.2) is 27.4 Å². The third-order valence-corrected chi connectivity index (χ3v) is 1.51. The third-order valence-electron chi connectivity index (χ3n) is 1.51. The molecule has 0 saturated carbocycles. The van der Waals surface area contributed by atoms with Gasteiger partial charge in [0, 0.05) is 7.05 Å². The van der Waals surface area contributed by atoms with Gasteiger partial charge in [-0.3, -0.25) is 4.57 Å². The highest BCUT2D eigenvalue weighted by molar-refractivity contribution is 5.51. The summed E-state index contributed by atoms with van der Waals surface area (Å²) in [5, 5.41) is 12.6. The largest absolute Gasteiger partial charge is 0.406 e. The van der Waals surface area contributed by atoms with Crippen LogP contribution in [-0.2, 0) is 7.05 Å². The number of nitrogens with one attached hydrogen (secondary N) is 1. The summed E-state index contributed by atoms with van der Waals surface area (Å²) in [4.78, 5) is 13.1. The molecule has 0 aliphatic carbocycles. The summed E-state index contributed by atoms with van der Waals surface area (Å²) in [6, 6.07) is 0. The van der Waals surface area contributed by atoms with Crippen LogP contribution in [0.1, 0.15) is 0 Å². The number of rotatable bonds is 4. The zero-order chi connectivity index (χ0) is 10.7. The SMILES string of the molecule is Cn1cnc([N+](=O)[O-])c1NCC(F)F. The fraction of sp³-hybridized carbons (Fsp3) is 0.500. The van der Waals surface area contributed by atoms with Gasteiger partial charge in [0.1, 0.15) is 0 Å². The van der Waals surface area contributed by atoms with Gasteiger partial charge in [0.05, 0.1) is 6.54 Å². The molecule has 1 aromatic rings. The standard InChI is InChI=1S/C6H8F2N4O2/c1-11-3-10-6(12(13)14)5(11)9-2-4(7)8/h3-4,9H,2H2,1H3. The Labute approximate surface area is 77.7 Å². The molecule has 1 N–H and O–H groups in total. The quantitative estimate of drug-likeness (QED) is 0.589. The molecule has 0 aromatic carbocycles. The van der Waals surface area contributed by atoms with Gasteiger partial charge in [0.2, 0.25) is 12.1 Å². The van der Waals surface area contributed by atoms with Gasteiger partial charge in [-0.1, -0.05) is 0 Å². The maximum absolute atomic E-state index is 11.8. The molecule has 1 heterocycles. The monoisotopic (exact) mass is 206 g/mol. The summed E-state index contributed by atoms with van der Waals surface area (Å²) in [5.74, 6) is -0.469. The van der Waals surface area contributed by atoms with Crippen LogP contribution in [0.15, 0.2) is 6.33 Å². The molecule has 78 valence electrons. The minimum atomic E-state index is -2.57. The average molecular weight is 206 g/mol. The van der Waals surface area contributed by atoms with Crippen molar-refractivity contribution in [3.8, 4) is 0 Å². The summed E-state index contributed by atoms with van der Waals surface area (Å²) in [6.07, 6.45) is -1.38. The van der Waals surface area contributed by atoms with Crippen LogP contribution in [0.4, 0.5) is 20.4 Å². The van der Waals surface area contributed by atoms with Crippen molar-refractivity contribution < 1.29 is 13.7 Å². The van der Waals surface area contributed by atoms with Gasteiger partial charge in [0.15, 0.2) is 0 Å². The van der Waals surface area contributed by atoms with Gasteiger partial charge in [-0.15, -0.1) is 0 Å². The molecule has 0 bridgehead atoms. The van der Waals surface area contributed by atoms with Crippen molar-refractivity contribution >= 4 is 11.6 Å². The summed E-state index contributed by atoms with van der Waals surface area (Å²) in [7, 11) is 1.48. The van der Waals surface area contributed by atoms with Crippen molar-refractivity contribution in [1.82, 2.24) is 9.55 Å². The van der Waals surface area contributed by atoms with Crippen molar-refractivity contribution in [1.29, 1.82) is 0 Å². The van der Waals surface area contributed by atoms with E-state index in [9.17, 15) is 18.9 Å². The lowest BCUT2D eigenvalue weighted by Gasteiger charge is -2.04. The molecular formula is C6H8F2N4O2. The first-order chi connectivity index (χ1) is 6.52. The highest BCUT2D eigenvalue weighted by atomic mass is 19.3. The fourth-order valence-corrected chi connectivity index (χ4v) is 0.929. The fourth-order valence-electron chi connectivity index (χ4n) is 0.929. The van der Waals surface area contributed by atoms with Gasteiger partial charge in [-0.05, 0) is 9.91 Å². The molecule has 0 aliphatic heterocycles. The number of anilines is 1. The molecule has 0 aliphatic rings. The zero-order valence-electron chi connectivity index (χ0n) is 7.28. The van der Waals surface area contributed by atoms with Crippen LogP contribution in [0.5, 0.6) is 0 Å². The number of nitrogens with zero attached hydrogens (tertiary/aromatic N) is 3. The highest BCUT2D eigenvalue weighted by Crippen LogP contribution is 2.20. The van der Waals surface area contributed by atoms with E-state index in [4.69, 9.17) is 0 Å². The van der Waals surface area contributed by atoms with E-state index in [1.807, 2.05) is 0 Å². The van der Waals surface area contributed by atoms with Gasteiger partial charge in [-0.25, -0.2) is 8.78 Å². The lowest BCUT2D eigenvalue weighted by Crippen LogP contribution is -2.13. The normalized spacial score (nSPS) is 10.6. The molecule has 0 spiro atoms. The number of aryl methyl sites for hydroxylation is 1. The van der Waals surface area contributed by atoms with E-state index < -0.39 is 23.7 Å². The van der Waals surface area contributed by atoms with Crippen molar-refractivity contribution in [3.05, 3.63) is 16.4 Å². The summed E-state index contributed by atoms with van der Waals surface area (Å²) in [6.45, 7) is -0.639. The summed E-state index contributed by atoms with van der Waals surface area (Å²) < 4.78 is 24.9. The molecular weight excluding hydrogens is 198 g/mol. The molecule has 6 nitrogen and oxygen atoms in total. The Morgan fingerprint density at radius 3 is 2.93 bits per heavy atom. The lowest BCUT2D eigenvalue weighted by molar-refractivity contribution is -0.388. The Bertz CT molecular complexity index is 339. The van der Waals surface area contributed by atoms with Crippen LogP contribution in [0.2, 0.25) is 0 Å². The van der Waals surface area contributed by atoms with Crippen molar-refractivity contribution in [2.75, 3.05) is 11.9 Å². The Morgan fingerprint density at radius 1 is 1.79 bits per heavy atom. The lowest BCUT2D eigenvalue weighted by atomic mass is 10.5. The predicted molar refractivity (Wildman–Crippen MR) is 44.4 cm³/mol. The molecule has 14 heavy (non-hydrogen) atoms. The highest BCUT2D eigenvalue weighted by Gasteiger charge is 2.20. The average Bonchev–Trinajstić information content (AvgIpc) is 2.43. The van der Waals surface area contributed by atoms with Crippen LogP contribution in [0.25, 0.3) is 0 Å². The molecule has 0 saturated heterocycles. The van der Waals surface area contributed by atoms with E-state index in [-0.39, 0.29) is 5.82 Å². The number of alkyl halides is 2. The number of imidazole rings is 1. The third kappa shape index (κ3) is 2.15. The van der Waals surface area contributed by atoms with E-state index >= 15 is 0 Å². The second-order valence-corrected chi connectivity index (χ2v) is 2.56. The van der Waals surface area contributed by atoms with Crippen LogP contribution < -0.4 is 5.32 Å². The van der Waals surface area contributed by atoms with E-state index in [1.165, 1.54) is 17.9 Å². The van der Waals surface area contributed by atoms with Crippen molar-refractivity contribution in [2.45, 2.75) is 6.43 Å². The molecule has 0 unspecified atom stereocenters. The number of halogens is 2. The molecule has 1 rings (SSSR count). The Kier molecular flexibility index (Phi) is 2.95. The number of hydrogen-bond acceptors (Lipinski definition) is 4. The molecule has 0 fully saturated rings. The van der Waals surface area contributed by atoms with Gasteiger partial charge < -0.3 is 15.4 Å². The minimum absolute atomic E-state index is 0.0182.